The molecule has 0 bridgehead atoms. The fourth-order valence-electron chi connectivity index (χ4n) is 2.38. The molecule has 1 aliphatic heterocycles. The van der Waals surface area contributed by atoms with Gasteiger partial charge >= 0.3 is 0 Å². The molecule has 0 saturated carbocycles. The lowest BCUT2D eigenvalue weighted by molar-refractivity contribution is 0.0767. The fraction of sp³-hybridized carbons (Fsp3) is 0.500. The van der Waals surface area contributed by atoms with E-state index in [4.69, 9.17) is 0 Å². The van der Waals surface area contributed by atoms with Crippen molar-refractivity contribution in [3.63, 3.8) is 0 Å². The summed E-state index contributed by atoms with van der Waals surface area (Å²) in [6, 6.07) is 3.74. The van der Waals surface area contributed by atoms with Crippen molar-refractivity contribution in [3.05, 3.63) is 35.7 Å². The van der Waals surface area contributed by atoms with Gasteiger partial charge in [-0.3, -0.25) is 9.78 Å². The van der Waals surface area contributed by atoms with Crippen LogP contribution < -0.4 is 10.6 Å². The summed E-state index contributed by atoms with van der Waals surface area (Å²) in [5.41, 5.74) is 2.85. The van der Waals surface area contributed by atoms with Crippen LogP contribution in [0.4, 0.5) is 5.69 Å². The molecule has 114 valence electrons. The van der Waals surface area contributed by atoms with Crippen LogP contribution in [0.3, 0.4) is 0 Å². The molecule has 21 heavy (non-hydrogen) atoms. The standard InChI is InChI=1S/C16H24N4O/c1-3-20(4-2)16(21)15-11-14(7-10-18-15)19-12-13-5-8-17-9-6-13/h5,7,10-11,17H,3-4,6,8-9,12H2,1-2H3,(H,18,19). The summed E-state index contributed by atoms with van der Waals surface area (Å²) in [4.78, 5) is 18.3. The number of nitrogens with one attached hydrogen (secondary N) is 2. The number of carbonyl (C=O) groups excluding carboxylic acids is 1. The topological polar surface area (TPSA) is 57.3 Å². The Morgan fingerprint density at radius 3 is 2.90 bits per heavy atom. The molecule has 0 fully saturated rings. The van der Waals surface area contributed by atoms with E-state index in [1.54, 1.807) is 11.1 Å². The van der Waals surface area contributed by atoms with Gasteiger partial charge in [-0.05, 0) is 38.9 Å². The highest BCUT2D eigenvalue weighted by molar-refractivity contribution is 5.93. The van der Waals surface area contributed by atoms with E-state index in [2.05, 4.69) is 21.7 Å². The molecular formula is C16H24N4O. The van der Waals surface area contributed by atoms with Crippen LogP contribution in [0.5, 0.6) is 0 Å². The lowest BCUT2D eigenvalue weighted by atomic mass is 10.1. The molecule has 2 rings (SSSR count). The highest BCUT2D eigenvalue weighted by Gasteiger charge is 2.14. The summed E-state index contributed by atoms with van der Waals surface area (Å²) in [6.45, 7) is 8.17. The second-order valence-corrected chi connectivity index (χ2v) is 5.08. The third-order valence-electron chi connectivity index (χ3n) is 3.71. The summed E-state index contributed by atoms with van der Waals surface area (Å²) in [5, 5.41) is 6.68. The molecule has 1 aromatic rings. The van der Waals surface area contributed by atoms with Gasteiger partial charge in [0.15, 0.2) is 0 Å². The van der Waals surface area contributed by atoms with Crippen LogP contribution in [0.25, 0.3) is 0 Å². The van der Waals surface area contributed by atoms with Gasteiger partial charge in [0.05, 0.1) is 0 Å². The van der Waals surface area contributed by atoms with Crippen molar-refractivity contribution in [2.24, 2.45) is 0 Å². The van der Waals surface area contributed by atoms with E-state index in [-0.39, 0.29) is 5.91 Å². The van der Waals surface area contributed by atoms with Crippen molar-refractivity contribution < 1.29 is 4.79 Å². The van der Waals surface area contributed by atoms with Crippen molar-refractivity contribution in [2.45, 2.75) is 20.3 Å². The van der Waals surface area contributed by atoms with E-state index in [1.165, 1.54) is 5.57 Å². The van der Waals surface area contributed by atoms with Gasteiger partial charge in [0.25, 0.3) is 5.91 Å². The van der Waals surface area contributed by atoms with E-state index < -0.39 is 0 Å². The summed E-state index contributed by atoms with van der Waals surface area (Å²) >= 11 is 0. The monoisotopic (exact) mass is 288 g/mol. The van der Waals surface area contributed by atoms with E-state index in [1.807, 2.05) is 26.0 Å². The average Bonchev–Trinajstić information content (AvgIpc) is 2.55. The van der Waals surface area contributed by atoms with Gasteiger partial charge in [-0.25, -0.2) is 0 Å². The molecule has 0 aromatic carbocycles. The SMILES string of the molecule is CCN(CC)C(=O)c1cc(NCC2=CCNCC2)ccn1. The van der Waals surface area contributed by atoms with Crippen LogP contribution >= 0.6 is 0 Å². The minimum atomic E-state index is -0.00951. The maximum Gasteiger partial charge on any atom is 0.272 e. The summed E-state index contributed by atoms with van der Waals surface area (Å²) in [7, 11) is 0. The first-order chi connectivity index (χ1) is 10.2. The summed E-state index contributed by atoms with van der Waals surface area (Å²) in [6.07, 6.45) is 4.98. The Morgan fingerprint density at radius 1 is 1.43 bits per heavy atom. The predicted octanol–water partition coefficient (Wildman–Crippen LogP) is 1.90. The molecule has 0 atom stereocenters. The Balaban J connectivity index is 2.00. The van der Waals surface area contributed by atoms with Crippen molar-refractivity contribution in [2.75, 3.05) is 38.0 Å². The molecule has 0 unspecified atom stereocenters. The van der Waals surface area contributed by atoms with E-state index in [0.29, 0.717) is 18.8 Å². The first kappa shape index (κ1) is 15.5. The maximum atomic E-state index is 12.3. The fourth-order valence-corrected chi connectivity index (χ4v) is 2.38. The van der Waals surface area contributed by atoms with Gasteiger partial charge in [-0.15, -0.1) is 0 Å². The van der Waals surface area contributed by atoms with Crippen molar-refractivity contribution in [1.82, 2.24) is 15.2 Å². The Labute approximate surface area is 126 Å². The Morgan fingerprint density at radius 2 is 2.24 bits per heavy atom. The zero-order valence-corrected chi connectivity index (χ0v) is 12.9. The summed E-state index contributed by atoms with van der Waals surface area (Å²) < 4.78 is 0. The second kappa shape index (κ2) is 7.78. The number of amides is 1. The van der Waals surface area contributed by atoms with Gasteiger partial charge in [0.1, 0.15) is 5.69 Å². The van der Waals surface area contributed by atoms with Crippen LogP contribution in [-0.4, -0.2) is 48.5 Å². The van der Waals surface area contributed by atoms with Gasteiger partial charge in [-0.2, -0.15) is 0 Å². The van der Waals surface area contributed by atoms with Crippen molar-refractivity contribution in [3.8, 4) is 0 Å². The molecule has 0 aliphatic carbocycles. The van der Waals surface area contributed by atoms with E-state index in [0.717, 1.165) is 31.7 Å². The van der Waals surface area contributed by atoms with E-state index in [9.17, 15) is 4.79 Å². The van der Waals surface area contributed by atoms with Crippen molar-refractivity contribution >= 4 is 11.6 Å². The molecular weight excluding hydrogens is 264 g/mol. The minimum absolute atomic E-state index is 0.00951. The number of hydrogen-bond acceptors (Lipinski definition) is 4. The molecule has 2 heterocycles. The molecule has 0 spiro atoms. The second-order valence-electron chi connectivity index (χ2n) is 5.08. The number of carbonyl (C=O) groups is 1. The zero-order chi connectivity index (χ0) is 15.1. The molecule has 1 amide bonds. The van der Waals surface area contributed by atoms with Gasteiger partial charge in [0.2, 0.25) is 0 Å². The van der Waals surface area contributed by atoms with Gasteiger partial charge in [-0.1, -0.05) is 11.6 Å². The zero-order valence-electron chi connectivity index (χ0n) is 12.9. The lowest BCUT2D eigenvalue weighted by Crippen LogP contribution is -2.31. The molecule has 0 radical (unpaired) electrons. The summed E-state index contributed by atoms with van der Waals surface area (Å²) in [5.74, 6) is -0.00951. The maximum absolute atomic E-state index is 12.3. The number of pyridine rings is 1. The first-order valence-corrected chi connectivity index (χ1v) is 7.62. The van der Waals surface area contributed by atoms with E-state index >= 15 is 0 Å². The molecule has 2 N–H and O–H groups in total. The molecule has 0 saturated heterocycles. The number of aromatic nitrogens is 1. The number of anilines is 1. The van der Waals surface area contributed by atoms with Crippen molar-refractivity contribution in [1.29, 1.82) is 0 Å². The minimum Gasteiger partial charge on any atom is -0.381 e. The normalized spacial score (nSPS) is 14.5. The third-order valence-corrected chi connectivity index (χ3v) is 3.71. The van der Waals surface area contributed by atoms with Gasteiger partial charge < -0.3 is 15.5 Å². The molecule has 1 aromatic heterocycles. The van der Waals surface area contributed by atoms with Crippen LogP contribution in [0, 0.1) is 0 Å². The van der Waals surface area contributed by atoms with Crippen LogP contribution in [-0.2, 0) is 0 Å². The highest BCUT2D eigenvalue weighted by atomic mass is 16.2. The predicted molar refractivity (Wildman–Crippen MR) is 85.5 cm³/mol. The number of rotatable bonds is 6. The number of nitrogens with zero attached hydrogens (tertiary/aromatic N) is 2. The third kappa shape index (κ3) is 4.29. The molecule has 1 aliphatic rings. The number of hydrogen-bond donors (Lipinski definition) is 2. The quantitative estimate of drug-likeness (QED) is 0.785. The Bertz CT molecular complexity index is 509. The van der Waals surface area contributed by atoms with Crippen LogP contribution in [0.2, 0.25) is 0 Å². The molecule has 5 heteroatoms. The first-order valence-electron chi connectivity index (χ1n) is 7.62. The molecule has 5 nitrogen and oxygen atoms in total. The highest BCUT2D eigenvalue weighted by Crippen LogP contribution is 2.12. The van der Waals surface area contributed by atoms with Crippen LogP contribution in [0.1, 0.15) is 30.8 Å². The largest absolute Gasteiger partial charge is 0.381 e. The van der Waals surface area contributed by atoms with Gasteiger partial charge in [0, 0.05) is 38.1 Å². The average molecular weight is 288 g/mol. The smallest absolute Gasteiger partial charge is 0.272 e. The Kier molecular flexibility index (Phi) is 5.75. The lowest BCUT2D eigenvalue weighted by Gasteiger charge is -2.19. The van der Waals surface area contributed by atoms with Crippen LogP contribution in [0.15, 0.2) is 30.0 Å². The Hall–Kier alpha value is -1.88.